The van der Waals surface area contributed by atoms with Crippen LogP contribution in [0.5, 0.6) is 23.0 Å². The number of hydrogen-bond donors (Lipinski definition) is 0. The molecule has 0 aliphatic rings. The van der Waals surface area contributed by atoms with Gasteiger partial charge in [-0.1, -0.05) is 0 Å². The second-order valence-corrected chi connectivity index (χ2v) is 6.29. The molecule has 0 bridgehead atoms. The summed E-state index contributed by atoms with van der Waals surface area (Å²) in [5, 5.41) is 0. The zero-order chi connectivity index (χ0) is 22.9. The second-order valence-electron chi connectivity index (χ2n) is 6.29. The van der Waals surface area contributed by atoms with Gasteiger partial charge in [0.1, 0.15) is 23.0 Å². The molecule has 0 aliphatic heterocycles. The predicted molar refractivity (Wildman–Crippen MR) is 113 cm³/mol. The third-order valence-corrected chi connectivity index (χ3v) is 4.10. The van der Waals surface area contributed by atoms with Crippen LogP contribution in [0.3, 0.4) is 0 Å². The lowest BCUT2D eigenvalue weighted by Gasteiger charge is -2.08. The molecule has 0 fully saturated rings. The van der Waals surface area contributed by atoms with Crippen molar-refractivity contribution in [2.45, 2.75) is 6.92 Å². The number of hydrogen-bond acceptors (Lipinski definition) is 8. The summed E-state index contributed by atoms with van der Waals surface area (Å²) < 4.78 is 25.2. The highest BCUT2D eigenvalue weighted by Crippen LogP contribution is 2.21. The standard InChI is InChI=1S/C24H20O8/c1-3-29-18-8-4-16(5-9-18)22(25)30-19-12-14-20(15-13-19)31-23(26)17-6-10-21(11-7-17)32-24(27)28-2/h4-15H,3H2,1-2H3. The van der Waals surface area contributed by atoms with Crippen LogP contribution in [-0.2, 0) is 4.74 Å². The van der Waals surface area contributed by atoms with Gasteiger partial charge < -0.3 is 23.7 Å². The fourth-order valence-electron chi connectivity index (χ4n) is 2.56. The average Bonchev–Trinajstić information content (AvgIpc) is 2.81. The third kappa shape index (κ3) is 6.09. The van der Waals surface area contributed by atoms with E-state index in [9.17, 15) is 14.4 Å². The lowest BCUT2D eigenvalue weighted by Crippen LogP contribution is -2.10. The van der Waals surface area contributed by atoms with Gasteiger partial charge in [-0.2, -0.15) is 0 Å². The number of rotatable bonds is 7. The zero-order valence-corrected chi connectivity index (χ0v) is 17.4. The van der Waals surface area contributed by atoms with E-state index >= 15 is 0 Å². The van der Waals surface area contributed by atoms with Crippen molar-refractivity contribution in [1.29, 1.82) is 0 Å². The number of ether oxygens (including phenoxy) is 5. The van der Waals surface area contributed by atoms with Crippen LogP contribution in [0.15, 0.2) is 72.8 Å². The Balaban J connectivity index is 1.56. The maximum absolute atomic E-state index is 12.3. The van der Waals surface area contributed by atoms with Crippen LogP contribution in [0.1, 0.15) is 27.6 Å². The van der Waals surface area contributed by atoms with Crippen molar-refractivity contribution in [2.24, 2.45) is 0 Å². The number of carbonyl (C=O) groups is 3. The molecular formula is C24H20O8. The van der Waals surface area contributed by atoms with Gasteiger partial charge >= 0.3 is 18.1 Å². The molecule has 0 saturated heterocycles. The van der Waals surface area contributed by atoms with Crippen LogP contribution in [-0.4, -0.2) is 31.8 Å². The molecule has 32 heavy (non-hydrogen) atoms. The number of esters is 2. The molecule has 0 unspecified atom stereocenters. The van der Waals surface area contributed by atoms with Crippen molar-refractivity contribution in [3.63, 3.8) is 0 Å². The molecule has 0 N–H and O–H groups in total. The fraction of sp³-hybridized carbons (Fsp3) is 0.125. The van der Waals surface area contributed by atoms with E-state index in [2.05, 4.69) is 4.74 Å². The van der Waals surface area contributed by atoms with Gasteiger partial charge in [0.25, 0.3) is 0 Å². The molecule has 0 aromatic heterocycles. The average molecular weight is 436 g/mol. The van der Waals surface area contributed by atoms with Gasteiger partial charge in [0, 0.05) is 0 Å². The van der Waals surface area contributed by atoms with Gasteiger partial charge in [0.2, 0.25) is 0 Å². The van der Waals surface area contributed by atoms with E-state index in [0.29, 0.717) is 23.7 Å². The van der Waals surface area contributed by atoms with Crippen molar-refractivity contribution in [3.8, 4) is 23.0 Å². The molecule has 8 heteroatoms. The molecule has 0 spiro atoms. The minimum absolute atomic E-state index is 0.229. The molecule has 0 amide bonds. The largest absolute Gasteiger partial charge is 0.513 e. The van der Waals surface area contributed by atoms with Gasteiger partial charge in [0.15, 0.2) is 0 Å². The van der Waals surface area contributed by atoms with Gasteiger partial charge in [-0.15, -0.1) is 0 Å². The van der Waals surface area contributed by atoms with Crippen molar-refractivity contribution >= 4 is 18.1 Å². The van der Waals surface area contributed by atoms with E-state index in [1.165, 1.54) is 55.6 Å². The first kappa shape index (κ1) is 22.4. The molecule has 0 atom stereocenters. The summed E-state index contributed by atoms with van der Waals surface area (Å²) in [4.78, 5) is 35.6. The second kappa shape index (κ2) is 10.6. The fourth-order valence-corrected chi connectivity index (χ4v) is 2.56. The van der Waals surface area contributed by atoms with Crippen LogP contribution in [0.2, 0.25) is 0 Å². The van der Waals surface area contributed by atoms with E-state index in [1.807, 2.05) is 6.92 Å². The summed E-state index contributed by atoms with van der Waals surface area (Å²) in [5.74, 6) is 0.340. The van der Waals surface area contributed by atoms with Crippen molar-refractivity contribution < 1.29 is 38.1 Å². The van der Waals surface area contributed by atoms with Crippen molar-refractivity contribution in [3.05, 3.63) is 83.9 Å². The predicted octanol–water partition coefficient (Wildman–Crippen LogP) is 4.67. The normalized spacial score (nSPS) is 10.1. The van der Waals surface area contributed by atoms with Crippen LogP contribution in [0.25, 0.3) is 0 Å². The Hall–Kier alpha value is -4.33. The first-order valence-corrected chi connectivity index (χ1v) is 9.61. The Morgan fingerprint density at radius 3 is 1.38 bits per heavy atom. The Bertz CT molecular complexity index is 1070. The lowest BCUT2D eigenvalue weighted by atomic mass is 10.2. The summed E-state index contributed by atoms with van der Waals surface area (Å²) in [6.45, 7) is 2.41. The maximum atomic E-state index is 12.3. The summed E-state index contributed by atoms with van der Waals surface area (Å²) in [5.41, 5.74) is 0.636. The van der Waals surface area contributed by atoms with Crippen molar-refractivity contribution in [2.75, 3.05) is 13.7 Å². The Morgan fingerprint density at radius 1 is 0.594 bits per heavy atom. The van der Waals surface area contributed by atoms with Gasteiger partial charge in [-0.3, -0.25) is 0 Å². The summed E-state index contributed by atoms with van der Waals surface area (Å²) in [7, 11) is 1.19. The topological polar surface area (TPSA) is 97.4 Å². The van der Waals surface area contributed by atoms with Crippen LogP contribution >= 0.6 is 0 Å². The number of benzene rings is 3. The summed E-state index contributed by atoms with van der Waals surface area (Å²) in [6, 6.07) is 18.4. The van der Waals surface area contributed by atoms with Gasteiger partial charge in [-0.25, -0.2) is 14.4 Å². The SMILES string of the molecule is CCOc1ccc(C(=O)Oc2ccc(OC(=O)c3ccc(OC(=O)OC)cc3)cc2)cc1. The highest BCUT2D eigenvalue weighted by molar-refractivity contribution is 5.92. The van der Waals surface area contributed by atoms with E-state index in [4.69, 9.17) is 18.9 Å². The smallest absolute Gasteiger partial charge is 0.494 e. The first-order valence-electron chi connectivity index (χ1n) is 9.61. The summed E-state index contributed by atoms with van der Waals surface area (Å²) in [6.07, 6.45) is -0.858. The van der Waals surface area contributed by atoms with Crippen LogP contribution < -0.4 is 18.9 Å². The van der Waals surface area contributed by atoms with Crippen LogP contribution in [0, 0.1) is 0 Å². The summed E-state index contributed by atoms with van der Waals surface area (Å²) >= 11 is 0. The van der Waals surface area contributed by atoms with E-state index < -0.39 is 18.1 Å². The maximum Gasteiger partial charge on any atom is 0.513 e. The molecule has 8 nitrogen and oxygen atoms in total. The lowest BCUT2D eigenvalue weighted by molar-refractivity contribution is 0.0719. The zero-order valence-electron chi connectivity index (χ0n) is 17.4. The minimum Gasteiger partial charge on any atom is -0.494 e. The highest BCUT2D eigenvalue weighted by Gasteiger charge is 2.12. The molecule has 3 rings (SSSR count). The number of carbonyl (C=O) groups excluding carboxylic acids is 3. The molecule has 3 aromatic carbocycles. The van der Waals surface area contributed by atoms with E-state index in [1.54, 1.807) is 24.3 Å². The third-order valence-electron chi connectivity index (χ3n) is 4.10. The minimum atomic E-state index is -0.858. The molecule has 0 aliphatic carbocycles. The first-order chi connectivity index (χ1) is 15.5. The molecule has 3 aromatic rings. The Labute approximate surface area is 184 Å². The monoisotopic (exact) mass is 436 g/mol. The molecule has 0 heterocycles. The van der Waals surface area contributed by atoms with E-state index in [-0.39, 0.29) is 17.1 Å². The van der Waals surface area contributed by atoms with E-state index in [0.717, 1.165) is 0 Å². The number of methoxy groups -OCH3 is 1. The molecular weight excluding hydrogens is 416 g/mol. The Kier molecular flexibility index (Phi) is 7.42. The van der Waals surface area contributed by atoms with Crippen molar-refractivity contribution in [1.82, 2.24) is 0 Å². The quantitative estimate of drug-likeness (QED) is 0.299. The molecule has 164 valence electrons. The van der Waals surface area contributed by atoms with Gasteiger partial charge in [-0.05, 0) is 79.7 Å². The highest BCUT2D eigenvalue weighted by atomic mass is 16.7. The molecule has 0 radical (unpaired) electrons. The van der Waals surface area contributed by atoms with Gasteiger partial charge in [0.05, 0.1) is 24.8 Å². The molecule has 0 saturated carbocycles. The van der Waals surface area contributed by atoms with Crippen LogP contribution in [0.4, 0.5) is 4.79 Å². The Morgan fingerprint density at radius 2 is 0.969 bits per heavy atom.